The van der Waals surface area contributed by atoms with Crippen LogP contribution >= 0.6 is 0 Å². The highest BCUT2D eigenvalue weighted by Crippen LogP contribution is 2.12. The van der Waals surface area contributed by atoms with Gasteiger partial charge in [-0.25, -0.2) is 0 Å². The normalized spacial score (nSPS) is 13.9. The van der Waals surface area contributed by atoms with Gasteiger partial charge in [0.2, 0.25) is 0 Å². The molecule has 1 unspecified atom stereocenters. The fourth-order valence-electron chi connectivity index (χ4n) is 1.62. The quantitative estimate of drug-likeness (QED) is 0.324. The summed E-state index contributed by atoms with van der Waals surface area (Å²) in [5.74, 6) is 0.759. The van der Waals surface area contributed by atoms with Gasteiger partial charge in [0, 0.05) is 18.2 Å². The molecule has 18 heavy (non-hydrogen) atoms. The van der Waals surface area contributed by atoms with Crippen molar-refractivity contribution in [2.24, 2.45) is 16.8 Å². The number of hydrogen-bond donors (Lipinski definition) is 3. The van der Waals surface area contributed by atoms with E-state index in [4.69, 9.17) is 10.9 Å². The average molecular weight is 249 g/mol. The Morgan fingerprint density at radius 1 is 1.39 bits per heavy atom. The average Bonchev–Trinajstić information content (AvgIpc) is 2.35. The molecule has 0 aliphatic rings. The van der Waals surface area contributed by atoms with Crippen molar-refractivity contribution in [2.45, 2.75) is 40.3 Å². The first-order valence-electron chi connectivity index (χ1n) is 6.26. The summed E-state index contributed by atoms with van der Waals surface area (Å²) in [6.45, 7) is 9.45. The smallest absolute Gasteiger partial charge is 0.170 e. The Morgan fingerprint density at radius 2 is 2.06 bits per heavy atom. The second-order valence-corrected chi connectivity index (χ2v) is 5.04. The fourth-order valence-corrected chi connectivity index (χ4v) is 1.62. The summed E-state index contributed by atoms with van der Waals surface area (Å²) in [5, 5.41) is 15.1. The molecule has 0 radical (unpaired) electrons. The molecule has 0 aliphatic heterocycles. The standard InChI is InChI=1S/C14H23N3O/c1-9(2)11(4)16-8-13-6-5-12(7-10(13)3)14(15)17-18/h5-7,9,11,16,18H,8H2,1-4H3,(H2,15,17). The molecular weight excluding hydrogens is 226 g/mol. The lowest BCUT2D eigenvalue weighted by Gasteiger charge is -2.18. The number of nitrogens with one attached hydrogen (secondary N) is 1. The Hall–Kier alpha value is -1.55. The number of nitrogens with zero attached hydrogens (tertiary/aromatic N) is 1. The summed E-state index contributed by atoms with van der Waals surface area (Å²) in [5.41, 5.74) is 8.68. The Balaban J connectivity index is 2.74. The van der Waals surface area contributed by atoms with Crippen molar-refractivity contribution in [3.8, 4) is 0 Å². The lowest BCUT2D eigenvalue weighted by molar-refractivity contribution is 0.318. The van der Waals surface area contributed by atoms with Crippen LogP contribution in [0.2, 0.25) is 0 Å². The minimum atomic E-state index is 0.146. The van der Waals surface area contributed by atoms with Crippen LogP contribution in [0.25, 0.3) is 0 Å². The van der Waals surface area contributed by atoms with Gasteiger partial charge >= 0.3 is 0 Å². The number of hydrogen-bond acceptors (Lipinski definition) is 3. The van der Waals surface area contributed by atoms with Gasteiger partial charge < -0.3 is 16.3 Å². The third-order valence-corrected chi connectivity index (χ3v) is 3.36. The molecule has 100 valence electrons. The zero-order chi connectivity index (χ0) is 13.7. The molecular formula is C14H23N3O. The van der Waals surface area contributed by atoms with Crippen LogP contribution in [-0.4, -0.2) is 17.1 Å². The SMILES string of the molecule is Cc1cc(/C(N)=N/O)ccc1CNC(C)C(C)C. The Labute approximate surface area is 109 Å². The molecule has 0 amide bonds. The van der Waals surface area contributed by atoms with E-state index in [0.717, 1.165) is 17.7 Å². The number of oxime groups is 1. The highest BCUT2D eigenvalue weighted by atomic mass is 16.4. The highest BCUT2D eigenvalue weighted by molar-refractivity contribution is 5.97. The zero-order valence-corrected chi connectivity index (χ0v) is 11.6. The van der Waals surface area contributed by atoms with Crippen molar-refractivity contribution >= 4 is 5.84 Å². The summed E-state index contributed by atoms with van der Waals surface area (Å²) < 4.78 is 0. The molecule has 0 spiro atoms. The first kappa shape index (κ1) is 14.5. The second-order valence-electron chi connectivity index (χ2n) is 5.04. The van der Waals surface area contributed by atoms with E-state index in [1.807, 2.05) is 25.1 Å². The van der Waals surface area contributed by atoms with Gasteiger partial charge in [0.15, 0.2) is 5.84 Å². The van der Waals surface area contributed by atoms with Crippen molar-refractivity contribution in [1.29, 1.82) is 0 Å². The van der Waals surface area contributed by atoms with Crippen LogP contribution in [0.4, 0.5) is 0 Å². The van der Waals surface area contributed by atoms with Crippen LogP contribution in [-0.2, 0) is 6.54 Å². The minimum Gasteiger partial charge on any atom is -0.409 e. The summed E-state index contributed by atoms with van der Waals surface area (Å²) in [4.78, 5) is 0. The molecule has 0 aromatic heterocycles. The van der Waals surface area contributed by atoms with Crippen LogP contribution in [0.5, 0.6) is 0 Å². The summed E-state index contributed by atoms with van der Waals surface area (Å²) in [6, 6.07) is 6.31. The van der Waals surface area contributed by atoms with Crippen LogP contribution in [0.1, 0.15) is 37.5 Å². The summed E-state index contributed by atoms with van der Waals surface area (Å²) >= 11 is 0. The Kier molecular flexibility index (Phi) is 5.16. The molecule has 1 aromatic carbocycles. The maximum Gasteiger partial charge on any atom is 0.170 e. The first-order chi connectivity index (χ1) is 8.45. The number of amidine groups is 1. The predicted octanol–water partition coefficient (Wildman–Crippen LogP) is 2.22. The minimum absolute atomic E-state index is 0.146. The van der Waals surface area contributed by atoms with Gasteiger partial charge in [-0.2, -0.15) is 0 Å². The molecule has 1 rings (SSSR count). The summed E-state index contributed by atoms with van der Waals surface area (Å²) in [7, 11) is 0. The van der Waals surface area contributed by atoms with E-state index in [1.54, 1.807) is 0 Å². The molecule has 0 heterocycles. The molecule has 0 saturated heterocycles. The van der Waals surface area contributed by atoms with Gasteiger partial charge in [0.05, 0.1) is 0 Å². The Morgan fingerprint density at radius 3 is 2.56 bits per heavy atom. The molecule has 0 saturated carbocycles. The topological polar surface area (TPSA) is 70.6 Å². The zero-order valence-electron chi connectivity index (χ0n) is 11.6. The van der Waals surface area contributed by atoms with Gasteiger partial charge in [0.1, 0.15) is 0 Å². The van der Waals surface area contributed by atoms with Crippen molar-refractivity contribution in [3.63, 3.8) is 0 Å². The summed E-state index contributed by atoms with van der Waals surface area (Å²) in [6.07, 6.45) is 0. The van der Waals surface area contributed by atoms with Gasteiger partial charge in [-0.05, 0) is 37.0 Å². The maximum absolute atomic E-state index is 8.64. The van der Waals surface area contributed by atoms with Crippen molar-refractivity contribution in [3.05, 3.63) is 34.9 Å². The van der Waals surface area contributed by atoms with E-state index in [-0.39, 0.29) is 5.84 Å². The number of nitrogens with two attached hydrogens (primary N) is 1. The predicted molar refractivity (Wildman–Crippen MR) is 74.8 cm³/mol. The third-order valence-electron chi connectivity index (χ3n) is 3.36. The van der Waals surface area contributed by atoms with Crippen molar-refractivity contribution in [1.82, 2.24) is 5.32 Å². The lowest BCUT2D eigenvalue weighted by Crippen LogP contribution is -2.30. The van der Waals surface area contributed by atoms with E-state index in [0.29, 0.717) is 12.0 Å². The third kappa shape index (κ3) is 3.74. The van der Waals surface area contributed by atoms with E-state index in [2.05, 4.69) is 31.2 Å². The molecule has 4 nitrogen and oxygen atoms in total. The van der Waals surface area contributed by atoms with E-state index in [1.165, 1.54) is 5.56 Å². The van der Waals surface area contributed by atoms with Gasteiger partial charge in [0.25, 0.3) is 0 Å². The highest BCUT2D eigenvalue weighted by Gasteiger charge is 2.08. The van der Waals surface area contributed by atoms with Gasteiger partial charge in [-0.3, -0.25) is 0 Å². The molecule has 1 atom stereocenters. The van der Waals surface area contributed by atoms with Crippen LogP contribution in [0, 0.1) is 12.8 Å². The molecule has 4 heteroatoms. The largest absolute Gasteiger partial charge is 0.409 e. The van der Waals surface area contributed by atoms with Crippen molar-refractivity contribution in [2.75, 3.05) is 0 Å². The van der Waals surface area contributed by atoms with Crippen LogP contribution < -0.4 is 11.1 Å². The Bertz CT molecular complexity index is 427. The molecule has 4 N–H and O–H groups in total. The molecule has 1 aromatic rings. The van der Waals surface area contributed by atoms with Crippen molar-refractivity contribution < 1.29 is 5.21 Å². The van der Waals surface area contributed by atoms with Gasteiger partial charge in [-0.1, -0.05) is 31.1 Å². The van der Waals surface area contributed by atoms with Gasteiger partial charge in [-0.15, -0.1) is 0 Å². The number of benzene rings is 1. The second kappa shape index (κ2) is 6.40. The van der Waals surface area contributed by atoms with E-state index < -0.39 is 0 Å². The van der Waals surface area contributed by atoms with E-state index in [9.17, 15) is 0 Å². The molecule has 0 fully saturated rings. The monoisotopic (exact) mass is 249 g/mol. The van der Waals surface area contributed by atoms with Crippen LogP contribution in [0.3, 0.4) is 0 Å². The van der Waals surface area contributed by atoms with E-state index >= 15 is 0 Å². The number of aryl methyl sites for hydroxylation is 1. The molecule has 0 aliphatic carbocycles. The number of rotatable bonds is 5. The maximum atomic E-state index is 8.64. The fraction of sp³-hybridized carbons (Fsp3) is 0.500. The first-order valence-corrected chi connectivity index (χ1v) is 6.26. The molecule has 0 bridgehead atoms. The lowest BCUT2D eigenvalue weighted by atomic mass is 10.0. The van der Waals surface area contributed by atoms with Crippen LogP contribution in [0.15, 0.2) is 23.4 Å².